The van der Waals surface area contributed by atoms with Gasteiger partial charge >= 0.3 is 0 Å². The highest BCUT2D eigenvalue weighted by Gasteiger charge is 2.15. The standard InChI is InChI=1S/C15H14N4OS/c1-2-19-12(20)9-8-11(18-19)14-13(17-15(16)21-14)10-6-4-3-5-7-10/h3-9H,2H2,1H3,(H2,16,17). The van der Waals surface area contributed by atoms with E-state index in [1.54, 1.807) is 6.07 Å². The average Bonchev–Trinajstić information content (AvgIpc) is 2.90. The Kier molecular flexibility index (Phi) is 3.53. The van der Waals surface area contributed by atoms with E-state index in [1.165, 1.54) is 22.1 Å². The van der Waals surface area contributed by atoms with Crippen molar-refractivity contribution in [1.29, 1.82) is 0 Å². The first kappa shape index (κ1) is 13.5. The summed E-state index contributed by atoms with van der Waals surface area (Å²) in [5.74, 6) is 0. The summed E-state index contributed by atoms with van der Waals surface area (Å²) in [7, 11) is 0. The summed E-state index contributed by atoms with van der Waals surface area (Å²) in [6.07, 6.45) is 0. The molecule has 5 nitrogen and oxygen atoms in total. The fourth-order valence-electron chi connectivity index (χ4n) is 2.10. The van der Waals surface area contributed by atoms with E-state index in [-0.39, 0.29) is 5.56 Å². The smallest absolute Gasteiger partial charge is 0.266 e. The Morgan fingerprint density at radius 2 is 1.95 bits per heavy atom. The Morgan fingerprint density at radius 1 is 1.19 bits per heavy atom. The van der Waals surface area contributed by atoms with E-state index in [9.17, 15) is 4.79 Å². The molecule has 0 saturated carbocycles. The van der Waals surface area contributed by atoms with Gasteiger partial charge in [0.2, 0.25) is 0 Å². The zero-order chi connectivity index (χ0) is 14.8. The topological polar surface area (TPSA) is 73.8 Å². The molecule has 1 aromatic carbocycles. The lowest BCUT2D eigenvalue weighted by atomic mass is 10.1. The van der Waals surface area contributed by atoms with Gasteiger partial charge in [-0.15, -0.1) is 0 Å². The van der Waals surface area contributed by atoms with Crippen LogP contribution in [0, 0.1) is 0 Å². The number of aromatic nitrogens is 3. The van der Waals surface area contributed by atoms with Crippen LogP contribution in [0.2, 0.25) is 0 Å². The molecule has 0 spiro atoms. The summed E-state index contributed by atoms with van der Waals surface area (Å²) in [6, 6.07) is 13.1. The minimum absolute atomic E-state index is 0.111. The first-order valence-corrected chi connectivity index (χ1v) is 7.41. The minimum Gasteiger partial charge on any atom is -0.375 e. The van der Waals surface area contributed by atoms with Gasteiger partial charge in [-0.3, -0.25) is 4.79 Å². The second-order valence-electron chi connectivity index (χ2n) is 4.47. The third kappa shape index (κ3) is 2.57. The fourth-order valence-corrected chi connectivity index (χ4v) is 2.92. The lowest BCUT2D eigenvalue weighted by molar-refractivity contribution is 0.619. The van der Waals surface area contributed by atoms with Crippen LogP contribution in [0.25, 0.3) is 21.8 Å². The first-order chi connectivity index (χ1) is 10.2. The molecule has 0 unspecified atom stereocenters. The summed E-state index contributed by atoms with van der Waals surface area (Å²) in [5, 5.41) is 4.87. The Labute approximate surface area is 125 Å². The van der Waals surface area contributed by atoms with Crippen molar-refractivity contribution in [1.82, 2.24) is 14.8 Å². The largest absolute Gasteiger partial charge is 0.375 e. The monoisotopic (exact) mass is 298 g/mol. The van der Waals surface area contributed by atoms with Crippen LogP contribution in [-0.4, -0.2) is 14.8 Å². The molecule has 0 aliphatic heterocycles. The highest BCUT2D eigenvalue weighted by molar-refractivity contribution is 7.19. The molecule has 0 aliphatic carbocycles. The van der Waals surface area contributed by atoms with E-state index >= 15 is 0 Å². The van der Waals surface area contributed by atoms with Crippen LogP contribution >= 0.6 is 11.3 Å². The number of aryl methyl sites for hydroxylation is 1. The van der Waals surface area contributed by atoms with Crippen molar-refractivity contribution in [2.45, 2.75) is 13.5 Å². The lowest BCUT2D eigenvalue weighted by Crippen LogP contribution is -2.20. The zero-order valence-electron chi connectivity index (χ0n) is 11.5. The molecule has 2 N–H and O–H groups in total. The van der Waals surface area contributed by atoms with Crippen molar-refractivity contribution < 1.29 is 0 Å². The molecule has 0 saturated heterocycles. The van der Waals surface area contributed by atoms with Crippen molar-refractivity contribution in [3.05, 3.63) is 52.8 Å². The van der Waals surface area contributed by atoms with E-state index in [0.717, 1.165) is 16.1 Å². The average molecular weight is 298 g/mol. The van der Waals surface area contributed by atoms with Crippen molar-refractivity contribution in [3.63, 3.8) is 0 Å². The molecule has 0 radical (unpaired) electrons. The molecule has 0 aliphatic rings. The van der Waals surface area contributed by atoms with Gasteiger partial charge in [-0.2, -0.15) is 5.10 Å². The van der Waals surface area contributed by atoms with Gasteiger partial charge < -0.3 is 5.73 Å². The van der Waals surface area contributed by atoms with Crippen LogP contribution < -0.4 is 11.3 Å². The molecular formula is C15H14N4OS. The van der Waals surface area contributed by atoms with Crippen molar-refractivity contribution in [2.24, 2.45) is 0 Å². The number of rotatable bonds is 3. The number of nitrogens with two attached hydrogens (primary N) is 1. The normalized spacial score (nSPS) is 10.7. The minimum atomic E-state index is -0.111. The Bertz CT molecular complexity index is 823. The van der Waals surface area contributed by atoms with Gasteiger partial charge in [0.25, 0.3) is 5.56 Å². The van der Waals surface area contributed by atoms with E-state index in [1.807, 2.05) is 37.3 Å². The third-order valence-electron chi connectivity index (χ3n) is 3.09. The number of hydrogen-bond acceptors (Lipinski definition) is 5. The van der Waals surface area contributed by atoms with Crippen molar-refractivity contribution in [3.8, 4) is 21.8 Å². The predicted molar refractivity (Wildman–Crippen MR) is 85.1 cm³/mol. The summed E-state index contributed by atoms with van der Waals surface area (Å²) in [4.78, 5) is 16.9. The molecule has 0 fully saturated rings. The molecule has 2 aromatic heterocycles. The summed E-state index contributed by atoms with van der Waals surface area (Å²) in [6.45, 7) is 2.42. The number of thiazole rings is 1. The molecule has 0 atom stereocenters. The maximum Gasteiger partial charge on any atom is 0.266 e. The van der Waals surface area contributed by atoms with Gasteiger partial charge in [0.15, 0.2) is 5.13 Å². The van der Waals surface area contributed by atoms with Gasteiger partial charge in [-0.05, 0) is 13.0 Å². The summed E-state index contributed by atoms with van der Waals surface area (Å²) >= 11 is 1.38. The number of nitrogens with zero attached hydrogens (tertiary/aromatic N) is 3. The highest BCUT2D eigenvalue weighted by atomic mass is 32.1. The number of benzene rings is 1. The second kappa shape index (κ2) is 5.49. The maximum atomic E-state index is 11.7. The predicted octanol–water partition coefficient (Wildman–Crippen LogP) is 2.64. The van der Waals surface area contributed by atoms with Crippen LogP contribution in [0.5, 0.6) is 0 Å². The van der Waals surface area contributed by atoms with Crippen LogP contribution in [0.1, 0.15) is 6.92 Å². The van der Waals surface area contributed by atoms with Crippen LogP contribution in [-0.2, 0) is 6.54 Å². The number of nitrogen functional groups attached to an aromatic ring is 1. The molecule has 2 heterocycles. The van der Waals surface area contributed by atoms with Crippen LogP contribution in [0.4, 0.5) is 5.13 Å². The Morgan fingerprint density at radius 3 is 2.67 bits per heavy atom. The molecule has 3 rings (SSSR count). The van der Waals surface area contributed by atoms with Crippen LogP contribution in [0.3, 0.4) is 0 Å². The van der Waals surface area contributed by atoms with E-state index in [4.69, 9.17) is 5.73 Å². The van der Waals surface area contributed by atoms with E-state index in [2.05, 4.69) is 10.1 Å². The van der Waals surface area contributed by atoms with Gasteiger partial charge in [-0.1, -0.05) is 41.7 Å². The molecule has 0 amide bonds. The van der Waals surface area contributed by atoms with E-state index < -0.39 is 0 Å². The zero-order valence-corrected chi connectivity index (χ0v) is 12.3. The molecular weight excluding hydrogens is 284 g/mol. The fraction of sp³-hybridized carbons (Fsp3) is 0.133. The summed E-state index contributed by atoms with van der Waals surface area (Å²) in [5.41, 5.74) is 8.25. The molecule has 106 valence electrons. The van der Waals surface area contributed by atoms with Gasteiger partial charge in [-0.25, -0.2) is 9.67 Å². The third-order valence-corrected chi connectivity index (χ3v) is 4.00. The molecule has 0 bridgehead atoms. The van der Waals surface area contributed by atoms with Crippen LogP contribution in [0.15, 0.2) is 47.3 Å². The highest BCUT2D eigenvalue weighted by Crippen LogP contribution is 2.36. The lowest BCUT2D eigenvalue weighted by Gasteiger charge is -2.05. The van der Waals surface area contributed by atoms with Crippen molar-refractivity contribution in [2.75, 3.05) is 5.73 Å². The quantitative estimate of drug-likeness (QED) is 0.806. The number of anilines is 1. The summed E-state index contributed by atoms with van der Waals surface area (Å²) < 4.78 is 1.43. The second-order valence-corrected chi connectivity index (χ2v) is 5.50. The van der Waals surface area contributed by atoms with Gasteiger partial charge in [0.1, 0.15) is 5.69 Å². The molecule has 21 heavy (non-hydrogen) atoms. The SMILES string of the molecule is CCn1nc(-c2sc(N)nc2-c2ccccc2)ccc1=O. The van der Waals surface area contributed by atoms with Gasteiger partial charge in [0, 0.05) is 18.2 Å². The maximum absolute atomic E-state index is 11.7. The molecule has 3 aromatic rings. The van der Waals surface area contributed by atoms with E-state index in [0.29, 0.717) is 17.4 Å². The van der Waals surface area contributed by atoms with Crippen molar-refractivity contribution >= 4 is 16.5 Å². The Balaban J connectivity index is 2.18. The first-order valence-electron chi connectivity index (χ1n) is 6.59. The Hall–Kier alpha value is -2.47. The molecule has 6 heteroatoms. The number of hydrogen-bond donors (Lipinski definition) is 1. The van der Waals surface area contributed by atoms with Gasteiger partial charge in [0.05, 0.1) is 10.6 Å².